The van der Waals surface area contributed by atoms with Gasteiger partial charge < -0.3 is 4.57 Å². The van der Waals surface area contributed by atoms with E-state index in [4.69, 9.17) is 23.7 Å². The fourth-order valence-corrected chi connectivity index (χ4v) is 3.25. The SMILES string of the molecule is C#CCN1CCN(Cn2nc(-c3ccncc3)n(CC)c2=S)CC1. The van der Waals surface area contributed by atoms with Gasteiger partial charge in [0, 0.05) is 50.7 Å². The average Bonchev–Trinajstić information content (AvgIpc) is 2.93. The summed E-state index contributed by atoms with van der Waals surface area (Å²) in [7, 11) is 0. The Morgan fingerprint density at radius 2 is 1.83 bits per heavy atom. The van der Waals surface area contributed by atoms with Gasteiger partial charge in [0.1, 0.15) is 0 Å². The largest absolute Gasteiger partial charge is 0.300 e. The number of pyridine rings is 1. The van der Waals surface area contributed by atoms with Crippen LogP contribution in [0.5, 0.6) is 0 Å². The van der Waals surface area contributed by atoms with Gasteiger partial charge in [-0.15, -0.1) is 6.42 Å². The van der Waals surface area contributed by atoms with Gasteiger partial charge in [-0.05, 0) is 31.3 Å². The van der Waals surface area contributed by atoms with Gasteiger partial charge >= 0.3 is 0 Å². The quantitative estimate of drug-likeness (QED) is 0.611. The predicted molar refractivity (Wildman–Crippen MR) is 96.8 cm³/mol. The number of terminal acetylenes is 1. The third kappa shape index (κ3) is 3.56. The molecule has 1 fully saturated rings. The first kappa shape index (κ1) is 16.8. The van der Waals surface area contributed by atoms with Crippen molar-refractivity contribution >= 4 is 12.2 Å². The summed E-state index contributed by atoms with van der Waals surface area (Å²) in [5.74, 6) is 3.61. The number of hydrogen-bond donors (Lipinski definition) is 0. The van der Waals surface area contributed by atoms with Crippen molar-refractivity contribution in [2.75, 3.05) is 32.7 Å². The highest BCUT2D eigenvalue weighted by atomic mass is 32.1. The highest BCUT2D eigenvalue weighted by Crippen LogP contribution is 2.17. The van der Waals surface area contributed by atoms with Crippen LogP contribution in [-0.2, 0) is 13.2 Å². The lowest BCUT2D eigenvalue weighted by atomic mass is 10.2. The summed E-state index contributed by atoms with van der Waals surface area (Å²) in [4.78, 5) is 8.74. The first-order chi connectivity index (χ1) is 11.7. The van der Waals surface area contributed by atoms with Crippen molar-refractivity contribution in [3.63, 3.8) is 0 Å². The zero-order chi connectivity index (χ0) is 16.9. The van der Waals surface area contributed by atoms with Crippen molar-refractivity contribution in [2.45, 2.75) is 20.1 Å². The third-order valence-corrected chi connectivity index (χ3v) is 4.72. The molecule has 1 aliphatic heterocycles. The molecule has 3 heterocycles. The maximum Gasteiger partial charge on any atom is 0.199 e. The summed E-state index contributed by atoms with van der Waals surface area (Å²) >= 11 is 5.63. The van der Waals surface area contributed by atoms with E-state index >= 15 is 0 Å². The predicted octanol–water partition coefficient (Wildman–Crippen LogP) is 1.70. The van der Waals surface area contributed by atoms with Gasteiger partial charge in [0.15, 0.2) is 10.6 Å². The maximum atomic E-state index is 5.63. The molecule has 6 nitrogen and oxygen atoms in total. The molecular weight excluding hydrogens is 320 g/mol. The van der Waals surface area contributed by atoms with E-state index < -0.39 is 0 Å². The molecule has 0 spiro atoms. The lowest BCUT2D eigenvalue weighted by Crippen LogP contribution is -2.46. The van der Waals surface area contributed by atoms with Crippen LogP contribution in [-0.4, -0.2) is 61.9 Å². The van der Waals surface area contributed by atoms with Crippen LogP contribution in [0.25, 0.3) is 11.4 Å². The Balaban J connectivity index is 1.77. The summed E-state index contributed by atoms with van der Waals surface area (Å²) in [6.45, 7) is 8.27. The highest BCUT2D eigenvalue weighted by Gasteiger charge is 2.18. The molecule has 0 saturated carbocycles. The first-order valence-electron chi connectivity index (χ1n) is 8.19. The zero-order valence-corrected chi connectivity index (χ0v) is 14.7. The van der Waals surface area contributed by atoms with E-state index in [9.17, 15) is 0 Å². The second-order valence-corrected chi connectivity index (χ2v) is 6.19. The van der Waals surface area contributed by atoms with Gasteiger partial charge in [0.25, 0.3) is 0 Å². The van der Waals surface area contributed by atoms with E-state index in [0.29, 0.717) is 6.67 Å². The number of hydrogen-bond acceptors (Lipinski definition) is 5. The van der Waals surface area contributed by atoms with Crippen molar-refractivity contribution in [2.24, 2.45) is 0 Å². The van der Waals surface area contributed by atoms with Crippen LogP contribution >= 0.6 is 12.2 Å². The van der Waals surface area contributed by atoms with E-state index in [1.54, 1.807) is 12.4 Å². The van der Waals surface area contributed by atoms with E-state index in [2.05, 4.69) is 32.2 Å². The highest BCUT2D eigenvalue weighted by molar-refractivity contribution is 7.71. The van der Waals surface area contributed by atoms with Gasteiger partial charge in [0.2, 0.25) is 0 Å². The summed E-state index contributed by atoms with van der Waals surface area (Å²) in [6, 6.07) is 3.93. The summed E-state index contributed by atoms with van der Waals surface area (Å²) in [5, 5.41) is 4.76. The van der Waals surface area contributed by atoms with Crippen LogP contribution in [0.3, 0.4) is 0 Å². The maximum absolute atomic E-state index is 5.63. The Labute approximate surface area is 147 Å². The van der Waals surface area contributed by atoms with E-state index in [-0.39, 0.29) is 0 Å². The third-order valence-electron chi connectivity index (χ3n) is 4.29. The van der Waals surface area contributed by atoms with Crippen LogP contribution in [0.2, 0.25) is 0 Å². The summed E-state index contributed by atoms with van der Waals surface area (Å²) in [5.41, 5.74) is 1.04. The van der Waals surface area contributed by atoms with Crippen LogP contribution in [0.15, 0.2) is 24.5 Å². The van der Waals surface area contributed by atoms with E-state index in [1.165, 1.54) is 0 Å². The molecule has 24 heavy (non-hydrogen) atoms. The van der Waals surface area contributed by atoms with Crippen LogP contribution in [0.4, 0.5) is 0 Å². The van der Waals surface area contributed by atoms with Crippen molar-refractivity contribution < 1.29 is 0 Å². The molecule has 0 bridgehead atoms. The lowest BCUT2D eigenvalue weighted by molar-refractivity contribution is 0.111. The molecular formula is C17H22N6S. The van der Waals surface area contributed by atoms with Crippen molar-refractivity contribution in [1.82, 2.24) is 29.1 Å². The molecule has 1 saturated heterocycles. The van der Waals surface area contributed by atoms with E-state index in [1.807, 2.05) is 16.8 Å². The first-order valence-corrected chi connectivity index (χ1v) is 8.60. The summed E-state index contributed by atoms with van der Waals surface area (Å²) in [6.07, 6.45) is 8.95. The number of nitrogens with zero attached hydrogens (tertiary/aromatic N) is 6. The lowest BCUT2D eigenvalue weighted by Gasteiger charge is -2.33. The minimum atomic E-state index is 0.716. The fourth-order valence-electron chi connectivity index (χ4n) is 2.94. The summed E-state index contributed by atoms with van der Waals surface area (Å²) < 4.78 is 4.75. The van der Waals surface area contributed by atoms with Gasteiger partial charge in [-0.25, -0.2) is 4.68 Å². The normalized spacial score (nSPS) is 16.2. The molecule has 0 unspecified atom stereocenters. The molecule has 0 aromatic carbocycles. The fraction of sp³-hybridized carbons (Fsp3) is 0.471. The minimum Gasteiger partial charge on any atom is -0.300 e. The van der Waals surface area contributed by atoms with Gasteiger partial charge in [-0.2, -0.15) is 5.10 Å². The molecule has 0 radical (unpaired) electrons. The second-order valence-electron chi connectivity index (χ2n) is 5.83. The van der Waals surface area contributed by atoms with Crippen molar-refractivity contribution in [3.05, 3.63) is 29.3 Å². The molecule has 2 aromatic rings. The van der Waals surface area contributed by atoms with Crippen LogP contribution < -0.4 is 0 Å². The Morgan fingerprint density at radius 1 is 1.17 bits per heavy atom. The van der Waals surface area contributed by atoms with E-state index in [0.717, 1.165) is 55.4 Å². The zero-order valence-electron chi connectivity index (χ0n) is 13.9. The van der Waals surface area contributed by atoms with Gasteiger partial charge in [-0.3, -0.25) is 14.8 Å². The molecule has 1 aliphatic rings. The van der Waals surface area contributed by atoms with Crippen molar-refractivity contribution in [3.8, 4) is 23.7 Å². The van der Waals surface area contributed by atoms with Gasteiger partial charge in [-0.1, -0.05) is 5.92 Å². The molecule has 126 valence electrons. The smallest absolute Gasteiger partial charge is 0.199 e. The average molecular weight is 342 g/mol. The monoisotopic (exact) mass is 342 g/mol. The Morgan fingerprint density at radius 3 is 2.46 bits per heavy atom. The molecule has 7 heteroatoms. The second kappa shape index (κ2) is 7.71. The molecule has 3 rings (SSSR count). The molecule has 0 aliphatic carbocycles. The van der Waals surface area contributed by atoms with Crippen molar-refractivity contribution in [1.29, 1.82) is 0 Å². The molecule has 2 aromatic heterocycles. The van der Waals surface area contributed by atoms with Crippen LogP contribution in [0, 0.1) is 17.1 Å². The molecule has 0 N–H and O–H groups in total. The minimum absolute atomic E-state index is 0.716. The van der Waals surface area contributed by atoms with Crippen LogP contribution in [0.1, 0.15) is 6.92 Å². The molecule has 0 amide bonds. The topological polar surface area (TPSA) is 42.1 Å². The number of rotatable bonds is 5. The number of piperazine rings is 1. The Bertz CT molecular complexity index is 765. The standard InChI is InChI=1S/C17H22N6S/c1-3-9-20-10-12-21(13-11-20)14-23-17(24)22(4-2)16(19-23)15-5-7-18-8-6-15/h1,5-8H,4,9-14H2,2H3. The van der Waals surface area contributed by atoms with Gasteiger partial charge in [0.05, 0.1) is 13.2 Å². The Kier molecular flexibility index (Phi) is 5.41. The number of aromatic nitrogens is 4. The molecule has 0 atom stereocenters. The Hall–Kier alpha value is -2.01.